The molecule has 0 atom stereocenters. The number of benzene rings is 1. The van der Waals surface area contributed by atoms with Crippen LogP contribution in [0.1, 0.15) is 36.6 Å². The van der Waals surface area contributed by atoms with Gasteiger partial charge in [0.1, 0.15) is 27.8 Å². The quantitative estimate of drug-likeness (QED) is 0.521. The molecule has 0 unspecified atom stereocenters. The topological polar surface area (TPSA) is 57.8 Å². The summed E-state index contributed by atoms with van der Waals surface area (Å²) in [5.74, 6) is 1.38. The zero-order valence-corrected chi connectivity index (χ0v) is 17.1. The number of aryl methyl sites for hydroxylation is 2. The first-order chi connectivity index (χ1) is 12.9. The molecular formula is C19H21BrFN5O. The van der Waals surface area contributed by atoms with Crippen molar-refractivity contribution < 1.29 is 9.13 Å². The van der Waals surface area contributed by atoms with Crippen LogP contribution >= 0.6 is 15.9 Å². The molecule has 8 heteroatoms. The first-order valence-electron chi connectivity index (χ1n) is 8.69. The second-order valence-corrected chi connectivity index (χ2v) is 6.71. The van der Waals surface area contributed by atoms with E-state index in [-0.39, 0.29) is 5.82 Å². The van der Waals surface area contributed by atoms with Crippen LogP contribution in [0.4, 0.5) is 4.39 Å². The van der Waals surface area contributed by atoms with E-state index in [1.165, 1.54) is 12.1 Å². The Morgan fingerprint density at radius 2 is 2.11 bits per heavy atom. The highest BCUT2D eigenvalue weighted by molar-refractivity contribution is 9.10. The lowest BCUT2D eigenvalue weighted by Crippen LogP contribution is -2.08. The van der Waals surface area contributed by atoms with Gasteiger partial charge in [-0.05, 0) is 54.9 Å². The number of rotatable bonds is 7. The van der Waals surface area contributed by atoms with Crippen molar-refractivity contribution >= 4 is 21.7 Å². The molecule has 0 aliphatic carbocycles. The molecule has 0 saturated heterocycles. The third kappa shape index (κ3) is 3.95. The minimum atomic E-state index is -0.361. The molecule has 0 N–H and O–H groups in total. The fraction of sp³-hybridized carbons (Fsp3) is 0.316. The normalized spacial score (nSPS) is 11.0. The average Bonchev–Trinajstić information content (AvgIpc) is 3.18. The van der Waals surface area contributed by atoms with E-state index in [9.17, 15) is 4.39 Å². The van der Waals surface area contributed by atoms with Crippen molar-refractivity contribution in [3.63, 3.8) is 0 Å². The van der Waals surface area contributed by atoms with Gasteiger partial charge in [0.05, 0.1) is 18.5 Å². The van der Waals surface area contributed by atoms with Crippen molar-refractivity contribution in [2.75, 3.05) is 6.61 Å². The van der Waals surface area contributed by atoms with Gasteiger partial charge in [0.2, 0.25) is 0 Å². The van der Waals surface area contributed by atoms with Crippen LogP contribution in [0.3, 0.4) is 0 Å². The summed E-state index contributed by atoms with van der Waals surface area (Å²) in [6.07, 6.45) is 2.34. The molecule has 2 aromatic heterocycles. The molecule has 0 radical (unpaired) electrons. The van der Waals surface area contributed by atoms with E-state index < -0.39 is 0 Å². The maximum absolute atomic E-state index is 13.9. The third-order valence-corrected chi connectivity index (χ3v) is 5.00. The predicted octanol–water partition coefficient (Wildman–Crippen LogP) is 4.29. The van der Waals surface area contributed by atoms with Crippen molar-refractivity contribution in [3.8, 4) is 5.69 Å². The van der Waals surface area contributed by atoms with Crippen molar-refractivity contribution in [2.24, 2.45) is 0 Å². The first-order valence-corrected chi connectivity index (χ1v) is 9.48. The number of nitrogens with zero attached hydrogens (tertiary/aromatic N) is 5. The van der Waals surface area contributed by atoms with Crippen LogP contribution in [-0.4, -0.2) is 31.2 Å². The zero-order valence-electron chi connectivity index (χ0n) is 15.5. The fourth-order valence-corrected chi connectivity index (χ4v) is 3.44. The van der Waals surface area contributed by atoms with Crippen LogP contribution in [-0.2, 0) is 17.7 Å². The molecule has 3 aromatic rings. The SMILES string of the molecule is C=C(OCC)c1cc(F)ccc1-n1nc(C)nc1Cc1cnn(CC)c1Br. The average molecular weight is 434 g/mol. The van der Waals surface area contributed by atoms with Crippen LogP contribution < -0.4 is 0 Å². The van der Waals surface area contributed by atoms with Crippen LogP contribution in [0, 0.1) is 12.7 Å². The van der Waals surface area contributed by atoms with E-state index in [1.807, 2.05) is 31.6 Å². The molecule has 1 aromatic carbocycles. The highest BCUT2D eigenvalue weighted by Gasteiger charge is 2.18. The van der Waals surface area contributed by atoms with Crippen molar-refractivity contribution in [3.05, 3.63) is 64.2 Å². The summed E-state index contributed by atoms with van der Waals surface area (Å²) in [6.45, 7) is 10.8. The second kappa shape index (κ2) is 8.04. The largest absolute Gasteiger partial charge is 0.494 e. The Kier molecular flexibility index (Phi) is 5.74. The maximum atomic E-state index is 13.9. The summed E-state index contributed by atoms with van der Waals surface area (Å²) in [5.41, 5.74) is 2.22. The van der Waals surface area contributed by atoms with Gasteiger partial charge in [0.15, 0.2) is 0 Å². The van der Waals surface area contributed by atoms with Crippen molar-refractivity contribution in [1.82, 2.24) is 24.5 Å². The molecule has 0 spiro atoms. The van der Waals surface area contributed by atoms with Crippen LogP contribution in [0.15, 0.2) is 35.6 Å². The molecule has 3 rings (SSSR count). The Morgan fingerprint density at radius 3 is 2.78 bits per heavy atom. The Balaban J connectivity index is 2.06. The standard InChI is InChI=1S/C19H21BrFN5O/c1-5-25-19(20)14(11-22-25)9-18-23-13(4)24-26(18)17-8-7-15(21)10-16(17)12(3)27-6-2/h7-8,10-11H,3,5-6,9H2,1-2,4H3. The molecule has 6 nitrogen and oxygen atoms in total. The molecule has 27 heavy (non-hydrogen) atoms. The van der Waals surface area contributed by atoms with E-state index in [2.05, 4.69) is 37.7 Å². The minimum Gasteiger partial charge on any atom is -0.494 e. The Morgan fingerprint density at radius 1 is 1.33 bits per heavy atom. The van der Waals surface area contributed by atoms with E-state index in [0.29, 0.717) is 35.9 Å². The molecule has 0 fully saturated rings. The number of ether oxygens (including phenoxy) is 1. The molecule has 0 bridgehead atoms. The molecule has 0 aliphatic rings. The minimum absolute atomic E-state index is 0.361. The number of hydrogen-bond donors (Lipinski definition) is 0. The summed E-state index contributed by atoms with van der Waals surface area (Å²) in [4.78, 5) is 4.56. The molecule has 2 heterocycles. The van der Waals surface area contributed by atoms with Crippen molar-refractivity contribution in [2.45, 2.75) is 33.7 Å². The molecular weight excluding hydrogens is 413 g/mol. The van der Waals surface area contributed by atoms with Gasteiger partial charge in [-0.2, -0.15) is 10.2 Å². The van der Waals surface area contributed by atoms with E-state index >= 15 is 0 Å². The van der Waals surface area contributed by atoms with Gasteiger partial charge in [-0.15, -0.1) is 0 Å². The highest BCUT2D eigenvalue weighted by atomic mass is 79.9. The Labute approximate surface area is 165 Å². The van der Waals surface area contributed by atoms with Gasteiger partial charge in [-0.3, -0.25) is 4.68 Å². The monoisotopic (exact) mass is 433 g/mol. The smallest absolute Gasteiger partial charge is 0.148 e. The summed E-state index contributed by atoms with van der Waals surface area (Å²) in [5, 5.41) is 8.86. The third-order valence-electron chi connectivity index (χ3n) is 4.08. The molecule has 0 amide bonds. The van der Waals surface area contributed by atoms with Crippen LogP contribution in [0.2, 0.25) is 0 Å². The van der Waals surface area contributed by atoms with Gasteiger partial charge < -0.3 is 4.74 Å². The summed E-state index contributed by atoms with van der Waals surface area (Å²) in [6, 6.07) is 4.46. The van der Waals surface area contributed by atoms with E-state index in [0.717, 1.165) is 22.5 Å². The lowest BCUT2D eigenvalue weighted by atomic mass is 10.1. The first kappa shape index (κ1) is 19.3. The number of hydrogen-bond acceptors (Lipinski definition) is 4. The van der Waals surface area contributed by atoms with Gasteiger partial charge in [-0.25, -0.2) is 14.1 Å². The lowest BCUT2D eigenvalue weighted by Gasteiger charge is -2.14. The number of aromatic nitrogens is 5. The van der Waals surface area contributed by atoms with Gasteiger partial charge >= 0.3 is 0 Å². The molecule has 142 valence electrons. The van der Waals surface area contributed by atoms with Gasteiger partial charge in [0, 0.05) is 24.1 Å². The summed E-state index contributed by atoms with van der Waals surface area (Å²) < 4.78 is 23.8. The summed E-state index contributed by atoms with van der Waals surface area (Å²) >= 11 is 3.58. The molecule has 0 aliphatic heterocycles. The van der Waals surface area contributed by atoms with E-state index in [1.54, 1.807) is 10.7 Å². The van der Waals surface area contributed by atoms with Gasteiger partial charge in [-0.1, -0.05) is 6.58 Å². The fourth-order valence-electron chi connectivity index (χ4n) is 2.85. The Hall–Kier alpha value is -2.48. The Bertz CT molecular complexity index is 979. The van der Waals surface area contributed by atoms with Crippen molar-refractivity contribution in [1.29, 1.82) is 0 Å². The summed E-state index contributed by atoms with van der Waals surface area (Å²) in [7, 11) is 0. The van der Waals surface area contributed by atoms with Crippen LogP contribution in [0.25, 0.3) is 11.4 Å². The highest BCUT2D eigenvalue weighted by Crippen LogP contribution is 2.26. The second-order valence-electron chi connectivity index (χ2n) is 5.96. The van der Waals surface area contributed by atoms with Gasteiger partial charge in [0.25, 0.3) is 0 Å². The van der Waals surface area contributed by atoms with E-state index in [4.69, 9.17) is 4.74 Å². The lowest BCUT2D eigenvalue weighted by molar-refractivity contribution is 0.299. The number of halogens is 2. The predicted molar refractivity (Wildman–Crippen MR) is 105 cm³/mol. The maximum Gasteiger partial charge on any atom is 0.148 e. The molecule has 0 saturated carbocycles. The van der Waals surface area contributed by atoms with Crippen LogP contribution in [0.5, 0.6) is 0 Å². The zero-order chi connectivity index (χ0) is 19.6.